The number of para-hydroxylation sites is 1. The number of carbonyl (C=O) groups excluding carboxylic acids is 2. The molecule has 2 saturated heterocycles. The van der Waals surface area contributed by atoms with Crippen LogP contribution in [0.1, 0.15) is 35.2 Å². The third-order valence-corrected chi connectivity index (χ3v) is 7.84. The Balaban J connectivity index is 1.19. The van der Waals surface area contributed by atoms with Gasteiger partial charge in [-0.15, -0.1) is 0 Å². The van der Waals surface area contributed by atoms with Crippen LogP contribution in [0.25, 0.3) is 6.08 Å². The predicted octanol–water partition coefficient (Wildman–Crippen LogP) is 5.85. The summed E-state index contributed by atoms with van der Waals surface area (Å²) in [5.74, 6) is 0.991. The van der Waals surface area contributed by atoms with Crippen LogP contribution in [0, 0.1) is 0 Å². The number of likely N-dealkylation sites (tertiary alicyclic amines) is 1. The van der Waals surface area contributed by atoms with E-state index in [9.17, 15) is 9.59 Å². The monoisotopic (exact) mass is 559 g/mol. The molecule has 2 amide bonds. The number of thioether (sulfide) groups is 1. The van der Waals surface area contributed by atoms with Gasteiger partial charge in [0.05, 0.1) is 22.8 Å². The van der Waals surface area contributed by atoms with Crippen molar-refractivity contribution < 1.29 is 19.1 Å². The predicted molar refractivity (Wildman–Crippen MR) is 159 cm³/mol. The van der Waals surface area contributed by atoms with Crippen molar-refractivity contribution in [3.63, 3.8) is 0 Å². The van der Waals surface area contributed by atoms with Crippen LogP contribution in [-0.2, 0) is 4.79 Å². The first-order chi connectivity index (χ1) is 19.0. The summed E-state index contributed by atoms with van der Waals surface area (Å²) in [5, 5.41) is 0. The molecule has 0 aliphatic carbocycles. The number of primary amides is 1. The number of hydrogen-bond acceptors (Lipinski definition) is 7. The number of hydrogen-bond donors (Lipinski definition) is 1. The van der Waals surface area contributed by atoms with Crippen LogP contribution in [0.5, 0.6) is 17.2 Å². The largest absolute Gasteiger partial charge is 0.494 e. The van der Waals surface area contributed by atoms with Crippen molar-refractivity contribution in [2.45, 2.75) is 19.3 Å². The fourth-order valence-corrected chi connectivity index (χ4v) is 5.83. The van der Waals surface area contributed by atoms with Crippen molar-refractivity contribution >= 4 is 51.9 Å². The second kappa shape index (κ2) is 12.5. The summed E-state index contributed by atoms with van der Waals surface area (Å²) in [4.78, 5) is 29.4. The van der Waals surface area contributed by atoms with Gasteiger partial charge in [0.2, 0.25) is 0 Å². The molecule has 39 heavy (non-hydrogen) atoms. The van der Waals surface area contributed by atoms with E-state index in [2.05, 4.69) is 4.90 Å². The number of benzene rings is 3. The summed E-state index contributed by atoms with van der Waals surface area (Å²) in [6.45, 7) is 4.13. The number of anilines is 1. The first kappa shape index (κ1) is 26.9. The molecule has 3 aromatic carbocycles. The highest BCUT2D eigenvalue weighted by Gasteiger charge is 2.33. The van der Waals surface area contributed by atoms with Crippen molar-refractivity contribution in [1.29, 1.82) is 0 Å². The number of ether oxygens (including phenoxy) is 2. The van der Waals surface area contributed by atoms with E-state index in [-0.39, 0.29) is 5.91 Å². The highest BCUT2D eigenvalue weighted by molar-refractivity contribution is 8.27. The number of amides is 2. The third kappa shape index (κ3) is 6.68. The second-order valence-electron chi connectivity index (χ2n) is 9.29. The molecule has 0 atom stereocenters. The Morgan fingerprint density at radius 1 is 0.974 bits per heavy atom. The lowest BCUT2D eigenvalue weighted by molar-refractivity contribution is -0.113. The van der Waals surface area contributed by atoms with Gasteiger partial charge in [0, 0.05) is 6.54 Å². The molecule has 7 nitrogen and oxygen atoms in total. The first-order valence-electron chi connectivity index (χ1n) is 12.9. The van der Waals surface area contributed by atoms with E-state index in [1.807, 2.05) is 36.4 Å². The molecule has 200 valence electrons. The third-order valence-electron chi connectivity index (χ3n) is 6.53. The van der Waals surface area contributed by atoms with Crippen LogP contribution in [0.4, 0.5) is 5.69 Å². The normalized spacial score (nSPS) is 16.7. The lowest BCUT2D eigenvalue weighted by atomic mass is 10.2. The van der Waals surface area contributed by atoms with Gasteiger partial charge in [-0.25, -0.2) is 0 Å². The van der Waals surface area contributed by atoms with Crippen LogP contribution >= 0.6 is 24.0 Å². The van der Waals surface area contributed by atoms with Crippen molar-refractivity contribution in [2.75, 3.05) is 31.1 Å². The molecule has 0 saturated carbocycles. The van der Waals surface area contributed by atoms with Crippen LogP contribution in [-0.4, -0.2) is 47.3 Å². The molecule has 9 heteroatoms. The Kier molecular flexibility index (Phi) is 8.61. The van der Waals surface area contributed by atoms with E-state index in [0.717, 1.165) is 24.3 Å². The molecule has 2 fully saturated rings. The van der Waals surface area contributed by atoms with Crippen LogP contribution in [0.15, 0.2) is 77.7 Å². The molecular weight excluding hydrogens is 530 g/mol. The Labute approximate surface area is 237 Å². The van der Waals surface area contributed by atoms with Gasteiger partial charge in [0.1, 0.15) is 17.2 Å². The van der Waals surface area contributed by atoms with E-state index < -0.39 is 5.91 Å². The maximum absolute atomic E-state index is 13.2. The van der Waals surface area contributed by atoms with E-state index >= 15 is 0 Å². The van der Waals surface area contributed by atoms with Gasteiger partial charge in [-0.1, -0.05) is 48.2 Å². The molecule has 0 aromatic heterocycles. The summed E-state index contributed by atoms with van der Waals surface area (Å²) in [7, 11) is 0. The maximum atomic E-state index is 13.2. The number of rotatable bonds is 10. The molecule has 5 rings (SSSR count). The minimum Gasteiger partial charge on any atom is -0.494 e. The molecule has 3 aromatic rings. The Morgan fingerprint density at radius 2 is 1.67 bits per heavy atom. The fraction of sp³-hybridized carbons (Fsp3) is 0.233. The van der Waals surface area contributed by atoms with E-state index in [1.165, 1.54) is 37.7 Å². The molecule has 2 heterocycles. The summed E-state index contributed by atoms with van der Waals surface area (Å²) < 4.78 is 12.2. The number of nitrogens with zero attached hydrogens (tertiary/aromatic N) is 2. The van der Waals surface area contributed by atoms with Gasteiger partial charge in [-0.3, -0.25) is 14.5 Å². The van der Waals surface area contributed by atoms with Crippen molar-refractivity contribution in [3.05, 3.63) is 88.8 Å². The van der Waals surface area contributed by atoms with E-state index in [4.69, 9.17) is 27.4 Å². The topological polar surface area (TPSA) is 85.1 Å². The molecule has 2 aliphatic rings. The molecule has 0 spiro atoms. The molecule has 0 unspecified atom stereocenters. The smallest absolute Gasteiger partial charge is 0.270 e. The van der Waals surface area contributed by atoms with Gasteiger partial charge < -0.3 is 20.1 Å². The number of nitrogens with two attached hydrogens (primary N) is 1. The Morgan fingerprint density at radius 3 is 2.38 bits per heavy atom. The average molecular weight is 560 g/mol. The van der Waals surface area contributed by atoms with Crippen LogP contribution in [0.3, 0.4) is 0 Å². The SMILES string of the molecule is NC(=O)c1ccccc1Oc1ccc(/C=C2\SC(=S)N(c3ccc(OCCCN4CCCC4)cc3)C2=O)cc1. The Hall–Kier alpha value is -3.66. The lowest BCUT2D eigenvalue weighted by Crippen LogP contribution is -2.27. The van der Waals surface area contributed by atoms with Gasteiger partial charge >= 0.3 is 0 Å². The van der Waals surface area contributed by atoms with Crippen molar-refractivity contribution in [2.24, 2.45) is 5.73 Å². The quantitative estimate of drug-likeness (QED) is 0.190. The van der Waals surface area contributed by atoms with E-state index in [0.29, 0.717) is 38.6 Å². The standard InChI is InChI=1S/C30H29N3O4S2/c31-28(34)25-6-1-2-7-26(25)37-24-12-8-21(9-13-24)20-27-29(35)33(30(38)39-27)22-10-14-23(15-11-22)36-19-5-18-32-16-3-4-17-32/h1-2,6-15,20H,3-5,16-19H2,(H2,31,34)/b27-20-. The van der Waals surface area contributed by atoms with Crippen LogP contribution in [0.2, 0.25) is 0 Å². The second-order valence-corrected chi connectivity index (χ2v) is 11.0. The minimum atomic E-state index is -0.556. The maximum Gasteiger partial charge on any atom is 0.270 e. The summed E-state index contributed by atoms with van der Waals surface area (Å²) >= 11 is 6.79. The van der Waals surface area contributed by atoms with Crippen molar-refractivity contribution in [3.8, 4) is 17.2 Å². The molecule has 0 bridgehead atoms. The summed E-state index contributed by atoms with van der Waals surface area (Å²) in [6.07, 6.45) is 5.39. The zero-order valence-corrected chi connectivity index (χ0v) is 23.0. The average Bonchev–Trinajstić information content (AvgIpc) is 3.56. The van der Waals surface area contributed by atoms with Gasteiger partial charge in [-0.2, -0.15) is 0 Å². The zero-order valence-electron chi connectivity index (χ0n) is 21.4. The summed E-state index contributed by atoms with van der Waals surface area (Å²) in [5.41, 5.74) is 7.27. The number of carbonyl (C=O) groups is 2. The van der Waals surface area contributed by atoms with Gasteiger partial charge in [0.25, 0.3) is 11.8 Å². The highest BCUT2D eigenvalue weighted by Crippen LogP contribution is 2.37. The zero-order chi connectivity index (χ0) is 27.2. The Bertz CT molecular complexity index is 1380. The molecular formula is C30H29N3O4S2. The van der Waals surface area contributed by atoms with Crippen molar-refractivity contribution in [1.82, 2.24) is 4.90 Å². The number of thiocarbonyl (C=S) groups is 1. The van der Waals surface area contributed by atoms with Gasteiger partial charge in [0.15, 0.2) is 4.32 Å². The van der Waals surface area contributed by atoms with Crippen LogP contribution < -0.4 is 20.1 Å². The summed E-state index contributed by atoms with van der Waals surface area (Å²) in [6, 6.07) is 21.5. The first-order valence-corrected chi connectivity index (χ1v) is 14.1. The molecule has 0 radical (unpaired) electrons. The molecule has 2 N–H and O–H groups in total. The molecule has 2 aliphatic heterocycles. The van der Waals surface area contributed by atoms with Gasteiger partial charge in [-0.05, 0) is 92.5 Å². The lowest BCUT2D eigenvalue weighted by Gasteiger charge is -2.16. The fourth-order valence-electron chi connectivity index (χ4n) is 4.54. The minimum absolute atomic E-state index is 0.167. The highest BCUT2D eigenvalue weighted by atomic mass is 32.2. The van der Waals surface area contributed by atoms with E-state index in [1.54, 1.807) is 47.4 Å².